The molecule has 0 spiro atoms. The molecule has 0 aliphatic rings. The molecule has 0 aliphatic carbocycles. The van der Waals surface area contributed by atoms with Crippen molar-refractivity contribution in [2.45, 2.75) is 137 Å². The summed E-state index contributed by atoms with van der Waals surface area (Å²) in [6.45, 7) is 16.8. The van der Waals surface area contributed by atoms with Gasteiger partial charge in [0.25, 0.3) is 0 Å². The minimum absolute atomic E-state index is 0. The highest BCUT2D eigenvalue weighted by atomic mass is 16.5. The van der Waals surface area contributed by atoms with Crippen LogP contribution >= 0.6 is 0 Å². The Bertz CT molecular complexity index is 1060. The largest absolute Gasteiger partial charge is 0.464 e. The first kappa shape index (κ1) is 55.3. The van der Waals surface area contributed by atoms with E-state index in [0.717, 1.165) is 30.4 Å². The van der Waals surface area contributed by atoms with Gasteiger partial charge in [0.05, 0.1) is 41.2 Å². The van der Waals surface area contributed by atoms with Gasteiger partial charge in [-0.05, 0) is 79.8 Å². The van der Waals surface area contributed by atoms with E-state index in [1.165, 1.54) is 11.1 Å². The molecule has 0 aliphatic heterocycles. The Morgan fingerprint density at radius 3 is 1.49 bits per heavy atom. The SMILES string of the molecule is C.C.C.C.C.C.CCC(C)(C)C(=O)OCCC#N.CCC(C)(C)c1ccc(C#N)cc1.CCC(C)c1ccc(C#N)cc1. The summed E-state index contributed by atoms with van der Waals surface area (Å²) >= 11 is 0. The van der Waals surface area contributed by atoms with Crippen molar-refractivity contribution < 1.29 is 9.53 Å². The fraction of sp³-hybridized carbons (Fsp3) is 0.579. The maximum atomic E-state index is 11.2. The number of hydrogen-bond donors (Lipinski definition) is 0. The van der Waals surface area contributed by atoms with Crippen LogP contribution < -0.4 is 0 Å². The lowest BCUT2D eigenvalue weighted by atomic mass is 9.82. The number of carbonyl (C=O) groups excluding carboxylic acids is 1. The van der Waals surface area contributed by atoms with Crippen molar-refractivity contribution in [3.63, 3.8) is 0 Å². The van der Waals surface area contributed by atoms with Gasteiger partial charge in [0.1, 0.15) is 6.61 Å². The minimum Gasteiger partial charge on any atom is -0.464 e. The second kappa shape index (κ2) is 28.5. The maximum absolute atomic E-state index is 11.2. The van der Waals surface area contributed by atoms with Crippen molar-refractivity contribution in [2.24, 2.45) is 5.41 Å². The van der Waals surface area contributed by atoms with E-state index in [2.05, 4.69) is 46.8 Å². The number of esters is 1. The molecule has 5 heteroatoms. The summed E-state index contributed by atoms with van der Waals surface area (Å²) in [6, 6.07) is 21.8. The first-order valence-electron chi connectivity index (χ1n) is 13.0. The highest BCUT2D eigenvalue weighted by Gasteiger charge is 2.26. The Morgan fingerprint density at radius 2 is 1.16 bits per heavy atom. The third-order valence-corrected chi connectivity index (χ3v) is 6.78. The van der Waals surface area contributed by atoms with Gasteiger partial charge in [0.15, 0.2) is 0 Å². The van der Waals surface area contributed by atoms with E-state index in [1.54, 1.807) is 0 Å². The molecule has 5 nitrogen and oxygen atoms in total. The molecule has 0 heterocycles. The molecular weight excluding hydrogens is 530 g/mol. The Labute approximate surface area is 268 Å². The van der Waals surface area contributed by atoms with Crippen LogP contribution in [-0.4, -0.2) is 12.6 Å². The van der Waals surface area contributed by atoms with E-state index in [9.17, 15) is 4.79 Å². The molecule has 246 valence electrons. The van der Waals surface area contributed by atoms with E-state index in [0.29, 0.717) is 5.92 Å². The molecular formula is C38H67N3O2. The van der Waals surface area contributed by atoms with Crippen LogP contribution in [0.15, 0.2) is 48.5 Å². The van der Waals surface area contributed by atoms with Crippen LogP contribution in [0.25, 0.3) is 0 Å². The van der Waals surface area contributed by atoms with Gasteiger partial charge in [-0.1, -0.05) is 110 Å². The van der Waals surface area contributed by atoms with Crippen molar-refractivity contribution in [3.8, 4) is 18.2 Å². The van der Waals surface area contributed by atoms with Gasteiger partial charge in [-0.15, -0.1) is 0 Å². The number of rotatable bonds is 8. The first-order valence-corrected chi connectivity index (χ1v) is 13.0. The molecule has 0 amide bonds. The van der Waals surface area contributed by atoms with Crippen molar-refractivity contribution >= 4 is 5.97 Å². The smallest absolute Gasteiger partial charge is 0.311 e. The lowest BCUT2D eigenvalue weighted by Crippen LogP contribution is -2.25. The summed E-state index contributed by atoms with van der Waals surface area (Å²) < 4.78 is 4.88. The lowest BCUT2D eigenvalue weighted by molar-refractivity contribution is -0.153. The average molecular weight is 598 g/mol. The standard InChI is InChI=1S/C12H15N.C11H13N.C9H15NO2.6CH4/c1-4-12(2,3)11-7-5-10(9-13)6-8-11;1-3-9(2)11-6-4-10(8-12)5-7-11;1-4-9(2,3)8(11)12-7-5-6-10;;;;;;/h5-8H,4H2,1-3H3;4-7,9H,3H2,1-2H3;4-5,7H2,1-3H3;6*1H4. The van der Waals surface area contributed by atoms with Crippen LogP contribution in [0.4, 0.5) is 0 Å². The Balaban J connectivity index is -0.0000000846. The number of nitrogens with zero attached hydrogens (tertiary/aromatic N) is 3. The molecule has 0 saturated carbocycles. The van der Waals surface area contributed by atoms with E-state index in [4.69, 9.17) is 20.5 Å². The van der Waals surface area contributed by atoms with Gasteiger partial charge >= 0.3 is 5.97 Å². The summed E-state index contributed by atoms with van der Waals surface area (Å²) in [5.41, 5.74) is 3.88. The molecule has 2 aromatic rings. The van der Waals surface area contributed by atoms with Gasteiger partial charge < -0.3 is 4.74 Å². The van der Waals surface area contributed by atoms with Crippen molar-refractivity contribution in [1.82, 2.24) is 0 Å². The van der Waals surface area contributed by atoms with Gasteiger partial charge in [0, 0.05) is 0 Å². The van der Waals surface area contributed by atoms with Crippen molar-refractivity contribution in [3.05, 3.63) is 70.8 Å². The van der Waals surface area contributed by atoms with E-state index >= 15 is 0 Å². The van der Waals surface area contributed by atoms with Crippen LogP contribution in [0, 0.1) is 39.4 Å². The normalized spacial score (nSPS) is 9.60. The average Bonchev–Trinajstić information content (AvgIpc) is 2.93. The Hall–Kier alpha value is -3.62. The molecule has 2 rings (SSSR count). The molecule has 1 atom stereocenters. The van der Waals surface area contributed by atoms with Crippen LogP contribution in [0.1, 0.15) is 154 Å². The number of hydrogen-bond acceptors (Lipinski definition) is 5. The molecule has 0 radical (unpaired) electrons. The highest BCUT2D eigenvalue weighted by Crippen LogP contribution is 2.26. The Morgan fingerprint density at radius 1 is 0.744 bits per heavy atom. The fourth-order valence-corrected chi connectivity index (χ4v) is 2.85. The second-order valence-electron chi connectivity index (χ2n) is 10.3. The maximum Gasteiger partial charge on any atom is 0.311 e. The summed E-state index contributed by atoms with van der Waals surface area (Å²) in [6.07, 6.45) is 3.27. The van der Waals surface area contributed by atoms with E-state index in [1.807, 2.05) is 75.4 Å². The van der Waals surface area contributed by atoms with Gasteiger partial charge in [-0.25, -0.2) is 0 Å². The van der Waals surface area contributed by atoms with Gasteiger partial charge in [-0.3, -0.25) is 4.79 Å². The zero-order valence-corrected chi connectivity index (χ0v) is 23.9. The minimum atomic E-state index is -0.421. The molecule has 0 bridgehead atoms. The zero-order chi connectivity index (χ0) is 28.5. The van der Waals surface area contributed by atoms with Crippen LogP contribution in [0.3, 0.4) is 0 Å². The molecule has 0 N–H and O–H groups in total. The predicted molar refractivity (Wildman–Crippen MR) is 190 cm³/mol. The Kier molecular flexibility index (Phi) is 36.7. The second-order valence-corrected chi connectivity index (χ2v) is 10.3. The van der Waals surface area contributed by atoms with Crippen LogP contribution in [0.2, 0.25) is 0 Å². The summed E-state index contributed by atoms with van der Waals surface area (Å²) in [5.74, 6) is 0.373. The lowest BCUT2D eigenvalue weighted by Gasteiger charge is -2.23. The number of nitriles is 3. The molecule has 0 fully saturated rings. The zero-order valence-electron chi connectivity index (χ0n) is 23.9. The topological polar surface area (TPSA) is 97.7 Å². The monoisotopic (exact) mass is 598 g/mol. The highest BCUT2D eigenvalue weighted by molar-refractivity contribution is 5.75. The van der Waals surface area contributed by atoms with E-state index < -0.39 is 5.41 Å². The summed E-state index contributed by atoms with van der Waals surface area (Å²) in [5, 5.41) is 25.4. The molecule has 2 aromatic carbocycles. The fourth-order valence-electron chi connectivity index (χ4n) is 2.85. The van der Waals surface area contributed by atoms with Crippen LogP contribution in [-0.2, 0) is 14.9 Å². The predicted octanol–water partition coefficient (Wildman–Crippen LogP) is 12.0. The van der Waals surface area contributed by atoms with E-state index in [-0.39, 0.29) is 69.0 Å². The summed E-state index contributed by atoms with van der Waals surface area (Å²) in [4.78, 5) is 11.2. The summed E-state index contributed by atoms with van der Waals surface area (Å²) in [7, 11) is 0. The molecule has 0 aromatic heterocycles. The van der Waals surface area contributed by atoms with Crippen LogP contribution in [0.5, 0.6) is 0 Å². The number of benzene rings is 2. The number of carbonyl (C=O) groups is 1. The first-order chi connectivity index (χ1) is 17.4. The van der Waals surface area contributed by atoms with Gasteiger partial charge in [-0.2, -0.15) is 15.8 Å². The molecule has 0 saturated heterocycles. The number of ether oxygens (including phenoxy) is 1. The van der Waals surface area contributed by atoms with Crippen molar-refractivity contribution in [1.29, 1.82) is 15.8 Å². The third kappa shape index (κ3) is 20.8. The third-order valence-electron chi connectivity index (χ3n) is 6.78. The van der Waals surface area contributed by atoms with Gasteiger partial charge in [0.2, 0.25) is 0 Å². The van der Waals surface area contributed by atoms with Crippen molar-refractivity contribution in [2.75, 3.05) is 6.61 Å². The molecule has 1 unspecified atom stereocenters. The molecule has 43 heavy (non-hydrogen) atoms. The quantitative estimate of drug-likeness (QED) is 0.223.